The number of methoxy groups -OCH3 is 1. The second kappa shape index (κ2) is 8.94. The number of ether oxygens (including phenoxy) is 1. The maximum Gasteiger partial charge on any atom is 0.246 e. The number of sulfonamides is 1. The van der Waals surface area contributed by atoms with E-state index in [-0.39, 0.29) is 23.1 Å². The summed E-state index contributed by atoms with van der Waals surface area (Å²) in [4.78, 5) is 12.6. The van der Waals surface area contributed by atoms with Crippen LogP contribution in [0.3, 0.4) is 0 Å². The van der Waals surface area contributed by atoms with Gasteiger partial charge in [-0.15, -0.1) is 0 Å². The first kappa shape index (κ1) is 20.6. The van der Waals surface area contributed by atoms with Gasteiger partial charge in [0.1, 0.15) is 10.6 Å². The number of benzene rings is 2. The lowest BCUT2D eigenvalue weighted by Gasteiger charge is -2.31. The highest BCUT2D eigenvalue weighted by Gasteiger charge is 2.34. The van der Waals surface area contributed by atoms with Crippen LogP contribution in [0.25, 0.3) is 0 Å². The number of halogens is 1. The summed E-state index contributed by atoms with van der Waals surface area (Å²) in [5, 5.41) is 3.22. The predicted octanol–water partition coefficient (Wildman–Crippen LogP) is 3.07. The number of hydrogen-bond acceptors (Lipinski definition) is 4. The van der Waals surface area contributed by atoms with E-state index < -0.39 is 15.9 Å². The van der Waals surface area contributed by atoms with E-state index in [9.17, 15) is 13.2 Å². The molecule has 0 spiro atoms. The molecule has 150 valence electrons. The van der Waals surface area contributed by atoms with Gasteiger partial charge in [0.25, 0.3) is 0 Å². The molecule has 1 amide bonds. The maximum atomic E-state index is 13.1. The van der Waals surface area contributed by atoms with Gasteiger partial charge in [0, 0.05) is 24.7 Å². The molecule has 8 heteroatoms. The van der Waals surface area contributed by atoms with Gasteiger partial charge in [-0.3, -0.25) is 4.79 Å². The normalized spacial score (nSPS) is 17.9. The first-order chi connectivity index (χ1) is 13.4. The second-order valence-corrected chi connectivity index (χ2v) is 9.04. The lowest BCUT2D eigenvalue weighted by molar-refractivity contribution is -0.126. The standard InChI is InChI=1S/C20H23ClN2O4S/c1-27-18-10-9-17(21)12-19(18)28(25,26)23-11-5-8-16(14-23)20(24)22-13-15-6-3-2-4-7-15/h2-4,6-7,9-10,12,16H,5,8,11,13-14H2,1H3,(H,22,24)/t16-/m0/s1. The van der Waals surface area contributed by atoms with Crippen LogP contribution in [-0.2, 0) is 21.4 Å². The summed E-state index contributed by atoms with van der Waals surface area (Å²) in [6.45, 7) is 0.921. The largest absolute Gasteiger partial charge is 0.495 e. The zero-order valence-electron chi connectivity index (χ0n) is 15.6. The highest BCUT2D eigenvalue weighted by atomic mass is 35.5. The summed E-state index contributed by atoms with van der Waals surface area (Å²) >= 11 is 5.99. The number of amides is 1. The molecule has 2 aromatic rings. The van der Waals surface area contributed by atoms with Gasteiger partial charge in [-0.25, -0.2) is 8.42 Å². The minimum Gasteiger partial charge on any atom is -0.495 e. The van der Waals surface area contributed by atoms with Gasteiger partial charge in [0.05, 0.1) is 13.0 Å². The third-order valence-electron chi connectivity index (χ3n) is 4.81. The third-order valence-corrected chi connectivity index (χ3v) is 6.93. The van der Waals surface area contributed by atoms with Crippen molar-refractivity contribution in [2.75, 3.05) is 20.2 Å². The average molecular weight is 423 g/mol. The van der Waals surface area contributed by atoms with Gasteiger partial charge in [-0.1, -0.05) is 41.9 Å². The second-order valence-electron chi connectivity index (χ2n) is 6.70. The molecule has 0 aromatic heterocycles. The van der Waals surface area contributed by atoms with E-state index in [0.717, 1.165) is 5.56 Å². The highest BCUT2D eigenvalue weighted by molar-refractivity contribution is 7.89. The Morgan fingerprint density at radius 2 is 2.00 bits per heavy atom. The summed E-state index contributed by atoms with van der Waals surface area (Å²) in [6.07, 6.45) is 1.27. The van der Waals surface area contributed by atoms with E-state index >= 15 is 0 Å². The van der Waals surface area contributed by atoms with Gasteiger partial charge >= 0.3 is 0 Å². The molecule has 6 nitrogen and oxygen atoms in total. The molecule has 0 unspecified atom stereocenters. The Hall–Kier alpha value is -2.09. The van der Waals surface area contributed by atoms with Crippen LogP contribution in [0.5, 0.6) is 5.75 Å². The molecular formula is C20H23ClN2O4S. The predicted molar refractivity (Wildman–Crippen MR) is 108 cm³/mol. The molecule has 1 aliphatic rings. The molecule has 0 saturated carbocycles. The number of carbonyl (C=O) groups excluding carboxylic acids is 1. The monoisotopic (exact) mass is 422 g/mol. The Morgan fingerprint density at radius 3 is 2.71 bits per heavy atom. The molecule has 0 bridgehead atoms. The first-order valence-corrected chi connectivity index (χ1v) is 10.9. The molecule has 1 fully saturated rings. The molecule has 1 saturated heterocycles. The minimum atomic E-state index is -3.82. The van der Waals surface area contributed by atoms with Crippen LogP contribution in [0.4, 0.5) is 0 Å². The molecule has 2 aromatic carbocycles. The fourth-order valence-electron chi connectivity index (χ4n) is 3.30. The first-order valence-electron chi connectivity index (χ1n) is 9.07. The van der Waals surface area contributed by atoms with Crippen molar-refractivity contribution in [3.63, 3.8) is 0 Å². The fraction of sp³-hybridized carbons (Fsp3) is 0.350. The van der Waals surface area contributed by atoms with Crippen molar-refractivity contribution in [2.45, 2.75) is 24.3 Å². The van der Waals surface area contributed by atoms with Gasteiger partial charge in [0.2, 0.25) is 15.9 Å². The Balaban J connectivity index is 1.72. The SMILES string of the molecule is COc1ccc(Cl)cc1S(=O)(=O)N1CCC[C@H](C(=O)NCc2ccccc2)C1. The quantitative estimate of drug-likeness (QED) is 0.776. The van der Waals surface area contributed by atoms with E-state index in [1.54, 1.807) is 6.07 Å². The van der Waals surface area contributed by atoms with Crippen molar-refractivity contribution in [1.29, 1.82) is 0 Å². The lowest BCUT2D eigenvalue weighted by Crippen LogP contribution is -2.45. The Bertz CT molecular complexity index is 934. The molecule has 1 aliphatic heterocycles. The molecule has 0 radical (unpaired) electrons. The molecule has 1 atom stereocenters. The molecule has 1 N–H and O–H groups in total. The van der Waals surface area contributed by atoms with Crippen LogP contribution < -0.4 is 10.1 Å². The van der Waals surface area contributed by atoms with Crippen LogP contribution in [0.1, 0.15) is 18.4 Å². The van der Waals surface area contributed by atoms with Crippen LogP contribution >= 0.6 is 11.6 Å². The van der Waals surface area contributed by atoms with E-state index in [0.29, 0.717) is 31.0 Å². The lowest BCUT2D eigenvalue weighted by atomic mass is 9.99. The highest BCUT2D eigenvalue weighted by Crippen LogP contribution is 2.31. The van der Waals surface area contributed by atoms with Crippen molar-refractivity contribution in [3.05, 3.63) is 59.1 Å². The van der Waals surface area contributed by atoms with Gasteiger partial charge in [0.15, 0.2) is 0 Å². The zero-order valence-corrected chi connectivity index (χ0v) is 17.2. The molecule has 28 heavy (non-hydrogen) atoms. The molecule has 1 heterocycles. The topological polar surface area (TPSA) is 75.7 Å². The van der Waals surface area contributed by atoms with Crippen LogP contribution in [0.2, 0.25) is 5.02 Å². The van der Waals surface area contributed by atoms with Gasteiger partial charge < -0.3 is 10.1 Å². The summed E-state index contributed by atoms with van der Waals surface area (Å²) in [7, 11) is -2.40. The summed E-state index contributed by atoms with van der Waals surface area (Å²) < 4.78 is 32.8. The van der Waals surface area contributed by atoms with Crippen molar-refractivity contribution < 1.29 is 17.9 Å². The number of nitrogens with one attached hydrogen (secondary N) is 1. The summed E-state index contributed by atoms with van der Waals surface area (Å²) in [5.41, 5.74) is 1.000. The molecule has 0 aliphatic carbocycles. The van der Waals surface area contributed by atoms with Crippen molar-refractivity contribution in [2.24, 2.45) is 5.92 Å². The van der Waals surface area contributed by atoms with E-state index in [4.69, 9.17) is 16.3 Å². The third kappa shape index (κ3) is 4.66. The van der Waals surface area contributed by atoms with E-state index in [1.165, 1.54) is 23.5 Å². The van der Waals surface area contributed by atoms with Crippen molar-refractivity contribution >= 4 is 27.5 Å². The van der Waals surface area contributed by atoms with Crippen molar-refractivity contribution in [3.8, 4) is 5.75 Å². The number of rotatable bonds is 6. The minimum absolute atomic E-state index is 0.0212. The number of piperidine rings is 1. The van der Waals surface area contributed by atoms with Crippen LogP contribution in [0, 0.1) is 5.92 Å². The Kier molecular flexibility index (Phi) is 6.59. The van der Waals surface area contributed by atoms with Gasteiger partial charge in [-0.2, -0.15) is 4.31 Å². The number of carbonyl (C=O) groups is 1. The average Bonchev–Trinajstić information content (AvgIpc) is 2.72. The van der Waals surface area contributed by atoms with E-state index in [1.807, 2.05) is 30.3 Å². The van der Waals surface area contributed by atoms with Crippen molar-refractivity contribution in [1.82, 2.24) is 9.62 Å². The molecular weight excluding hydrogens is 400 g/mol. The Labute approximate surface area is 170 Å². The zero-order chi connectivity index (χ0) is 20.1. The fourth-order valence-corrected chi connectivity index (χ4v) is 5.24. The van der Waals surface area contributed by atoms with Crippen LogP contribution in [-0.4, -0.2) is 38.8 Å². The van der Waals surface area contributed by atoms with E-state index in [2.05, 4.69) is 5.32 Å². The van der Waals surface area contributed by atoms with Crippen LogP contribution in [0.15, 0.2) is 53.4 Å². The Morgan fingerprint density at radius 1 is 1.25 bits per heavy atom. The maximum absolute atomic E-state index is 13.1. The van der Waals surface area contributed by atoms with Gasteiger partial charge in [-0.05, 0) is 36.6 Å². The number of hydrogen-bond donors (Lipinski definition) is 1. The number of nitrogens with zero attached hydrogens (tertiary/aromatic N) is 1. The molecule has 3 rings (SSSR count). The summed E-state index contributed by atoms with van der Waals surface area (Å²) in [6, 6.07) is 14.1. The summed E-state index contributed by atoms with van der Waals surface area (Å²) in [5.74, 6) is -0.292. The smallest absolute Gasteiger partial charge is 0.246 e.